The third-order valence-corrected chi connectivity index (χ3v) is 7.05. The largest absolute Gasteiger partial charge is 0.496 e. The van der Waals surface area contributed by atoms with Crippen molar-refractivity contribution in [2.45, 2.75) is 39.8 Å². The van der Waals surface area contributed by atoms with Gasteiger partial charge >= 0.3 is 5.97 Å². The average molecular weight is 571 g/mol. The smallest absolute Gasteiger partial charge is 0.338 e. The number of allylic oxidation sites excluding steroid dienone is 1. The van der Waals surface area contributed by atoms with Crippen LogP contribution in [0.15, 0.2) is 68.0 Å². The summed E-state index contributed by atoms with van der Waals surface area (Å²) in [6, 6.07) is 12.3. The molecule has 0 N–H and O–H groups in total. The van der Waals surface area contributed by atoms with E-state index < -0.39 is 12.0 Å². The van der Waals surface area contributed by atoms with E-state index in [9.17, 15) is 9.59 Å². The molecule has 1 aromatic heterocycles. The predicted octanol–water partition coefficient (Wildman–Crippen LogP) is 4.36. The van der Waals surface area contributed by atoms with Gasteiger partial charge in [0.05, 0.1) is 35.6 Å². The van der Waals surface area contributed by atoms with E-state index in [0.717, 1.165) is 10.0 Å². The van der Waals surface area contributed by atoms with Crippen LogP contribution in [-0.4, -0.2) is 30.4 Å². The second-order valence-electron chi connectivity index (χ2n) is 8.39. The fourth-order valence-electron chi connectivity index (χ4n) is 4.11. The molecule has 7 nitrogen and oxygen atoms in total. The summed E-state index contributed by atoms with van der Waals surface area (Å²) in [6.45, 7) is 7.62. The monoisotopic (exact) mass is 570 g/mol. The highest BCUT2D eigenvalue weighted by Crippen LogP contribution is 2.35. The molecule has 2 aromatic carbocycles. The summed E-state index contributed by atoms with van der Waals surface area (Å²) in [7, 11) is 1.56. The van der Waals surface area contributed by atoms with Crippen LogP contribution in [0.5, 0.6) is 11.5 Å². The number of ether oxygens (including phenoxy) is 3. The Hall–Kier alpha value is -3.17. The fraction of sp³-hybridized carbons (Fsp3) is 0.296. The van der Waals surface area contributed by atoms with Crippen molar-refractivity contribution in [3.63, 3.8) is 0 Å². The molecule has 2 heterocycles. The van der Waals surface area contributed by atoms with Crippen molar-refractivity contribution in [1.29, 1.82) is 0 Å². The first kappa shape index (κ1) is 25.9. The highest BCUT2D eigenvalue weighted by atomic mass is 79.9. The Morgan fingerprint density at radius 1 is 1.22 bits per heavy atom. The maximum atomic E-state index is 13.9. The molecule has 0 amide bonds. The zero-order chi connectivity index (χ0) is 26.0. The quantitative estimate of drug-likeness (QED) is 0.394. The average Bonchev–Trinajstić information content (AvgIpc) is 3.14. The lowest BCUT2D eigenvalue weighted by atomic mass is 9.95. The van der Waals surface area contributed by atoms with Gasteiger partial charge in [0, 0.05) is 15.6 Å². The molecule has 0 fully saturated rings. The van der Waals surface area contributed by atoms with Gasteiger partial charge in [-0.2, -0.15) is 0 Å². The molecule has 0 spiro atoms. The molecular weight excluding hydrogens is 544 g/mol. The topological polar surface area (TPSA) is 79.1 Å². The zero-order valence-corrected chi connectivity index (χ0v) is 23.1. The van der Waals surface area contributed by atoms with Crippen LogP contribution in [0.4, 0.5) is 0 Å². The molecule has 0 bridgehead atoms. The first-order chi connectivity index (χ1) is 17.2. The maximum absolute atomic E-state index is 13.9. The predicted molar refractivity (Wildman–Crippen MR) is 143 cm³/mol. The summed E-state index contributed by atoms with van der Waals surface area (Å²) in [4.78, 5) is 32.1. The summed E-state index contributed by atoms with van der Waals surface area (Å²) in [5.41, 5.74) is 1.99. The standard InChI is InChI=1S/C27H27BrN2O5S/c1-6-34-26(32)23-16(4)29-27-30(24(23)19-9-7-8-10-21(19)33-5)25(31)22(36-27)14-17-13-18(28)11-12-20(17)35-15(2)3/h7-15,24H,6H2,1-5H3/b22-14+/t24-/m1/s1. The van der Waals surface area contributed by atoms with Crippen molar-refractivity contribution in [2.24, 2.45) is 4.99 Å². The van der Waals surface area contributed by atoms with Gasteiger partial charge in [-0.05, 0) is 58.0 Å². The summed E-state index contributed by atoms with van der Waals surface area (Å²) < 4.78 is 19.8. The van der Waals surface area contributed by atoms with E-state index in [-0.39, 0.29) is 18.3 Å². The molecule has 1 aliphatic heterocycles. The van der Waals surface area contributed by atoms with E-state index in [1.54, 1.807) is 37.7 Å². The number of hydrogen-bond donors (Lipinski definition) is 0. The number of para-hydroxylation sites is 1. The van der Waals surface area contributed by atoms with Gasteiger partial charge < -0.3 is 14.2 Å². The first-order valence-electron chi connectivity index (χ1n) is 11.5. The van der Waals surface area contributed by atoms with Gasteiger partial charge in [0.15, 0.2) is 4.80 Å². The molecule has 0 unspecified atom stereocenters. The lowest BCUT2D eigenvalue weighted by Crippen LogP contribution is -2.40. The third-order valence-electron chi connectivity index (χ3n) is 5.57. The Bertz CT molecular complexity index is 1520. The Morgan fingerprint density at radius 3 is 2.67 bits per heavy atom. The normalized spacial score (nSPS) is 15.5. The van der Waals surface area contributed by atoms with Gasteiger partial charge in [-0.15, -0.1) is 0 Å². The van der Waals surface area contributed by atoms with Crippen molar-refractivity contribution in [1.82, 2.24) is 4.57 Å². The van der Waals surface area contributed by atoms with Gasteiger partial charge in [-0.25, -0.2) is 9.79 Å². The van der Waals surface area contributed by atoms with E-state index in [1.165, 1.54) is 11.3 Å². The van der Waals surface area contributed by atoms with Crippen LogP contribution in [0, 0.1) is 0 Å². The summed E-state index contributed by atoms with van der Waals surface area (Å²) in [6.07, 6.45) is 1.77. The number of halogens is 1. The molecule has 0 radical (unpaired) electrons. The number of carbonyl (C=O) groups is 1. The van der Waals surface area contributed by atoms with Crippen LogP contribution in [0.25, 0.3) is 6.08 Å². The SMILES string of the molecule is CCOC(=O)C1=C(C)N=c2s/c(=C/c3cc(Br)ccc3OC(C)C)c(=O)n2[C@@H]1c1ccccc1OC. The number of fused-ring (bicyclic) bond motifs is 1. The van der Waals surface area contributed by atoms with Crippen molar-refractivity contribution in [3.8, 4) is 11.5 Å². The van der Waals surface area contributed by atoms with Crippen LogP contribution in [-0.2, 0) is 9.53 Å². The van der Waals surface area contributed by atoms with Crippen LogP contribution in [0.3, 0.4) is 0 Å². The molecule has 9 heteroatoms. The molecule has 188 valence electrons. The van der Waals surface area contributed by atoms with Crippen molar-refractivity contribution in [2.75, 3.05) is 13.7 Å². The number of esters is 1. The van der Waals surface area contributed by atoms with Crippen LogP contribution in [0.1, 0.15) is 44.9 Å². The molecule has 4 rings (SSSR count). The molecule has 0 aliphatic carbocycles. The van der Waals surface area contributed by atoms with E-state index >= 15 is 0 Å². The summed E-state index contributed by atoms with van der Waals surface area (Å²) in [5.74, 6) is 0.723. The number of benzene rings is 2. The highest BCUT2D eigenvalue weighted by molar-refractivity contribution is 9.10. The van der Waals surface area contributed by atoms with Crippen LogP contribution < -0.4 is 24.4 Å². The van der Waals surface area contributed by atoms with Crippen molar-refractivity contribution < 1.29 is 19.0 Å². The molecule has 0 saturated carbocycles. The highest BCUT2D eigenvalue weighted by Gasteiger charge is 2.35. The van der Waals surface area contributed by atoms with Crippen molar-refractivity contribution in [3.05, 3.63) is 89.0 Å². The number of carbonyl (C=O) groups excluding carboxylic acids is 1. The number of rotatable bonds is 7. The molecular formula is C27H27BrN2O5S. The molecule has 1 aliphatic rings. The first-order valence-corrected chi connectivity index (χ1v) is 13.1. The molecule has 36 heavy (non-hydrogen) atoms. The van der Waals surface area contributed by atoms with Crippen molar-refractivity contribution >= 4 is 39.3 Å². The Balaban J connectivity index is 1.98. The Morgan fingerprint density at radius 2 is 1.97 bits per heavy atom. The second-order valence-corrected chi connectivity index (χ2v) is 10.3. The van der Waals surface area contributed by atoms with E-state index in [4.69, 9.17) is 14.2 Å². The molecule has 0 saturated heterocycles. The summed E-state index contributed by atoms with van der Waals surface area (Å²) in [5, 5.41) is 0. The van der Waals surface area contributed by atoms with Gasteiger partial charge in [-0.3, -0.25) is 9.36 Å². The van der Waals surface area contributed by atoms with E-state index in [0.29, 0.717) is 37.7 Å². The minimum Gasteiger partial charge on any atom is -0.496 e. The summed E-state index contributed by atoms with van der Waals surface area (Å²) >= 11 is 4.77. The van der Waals surface area contributed by atoms with Crippen LogP contribution in [0.2, 0.25) is 0 Å². The van der Waals surface area contributed by atoms with Gasteiger partial charge in [0.25, 0.3) is 5.56 Å². The minimum absolute atomic E-state index is 0.0279. The maximum Gasteiger partial charge on any atom is 0.338 e. The number of nitrogens with zero attached hydrogens (tertiary/aromatic N) is 2. The van der Waals surface area contributed by atoms with Crippen LogP contribution >= 0.6 is 27.3 Å². The second kappa shape index (κ2) is 10.8. The fourth-order valence-corrected chi connectivity index (χ4v) is 5.53. The molecule has 3 aromatic rings. The van der Waals surface area contributed by atoms with E-state index in [1.807, 2.05) is 50.2 Å². The Labute approximate surface area is 221 Å². The molecule has 1 atom stereocenters. The third kappa shape index (κ3) is 5.03. The zero-order valence-electron chi connectivity index (χ0n) is 20.7. The number of methoxy groups -OCH3 is 1. The van der Waals surface area contributed by atoms with Gasteiger partial charge in [0.2, 0.25) is 0 Å². The lowest BCUT2D eigenvalue weighted by Gasteiger charge is -2.25. The van der Waals surface area contributed by atoms with E-state index in [2.05, 4.69) is 20.9 Å². The van der Waals surface area contributed by atoms with Gasteiger partial charge in [0.1, 0.15) is 17.5 Å². The number of aromatic nitrogens is 1. The van der Waals surface area contributed by atoms with Gasteiger partial charge in [-0.1, -0.05) is 45.5 Å². The number of thiazole rings is 1. The number of hydrogen-bond acceptors (Lipinski definition) is 7. The minimum atomic E-state index is -0.743. The lowest BCUT2D eigenvalue weighted by molar-refractivity contribution is -0.139. The Kier molecular flexibility index (Phi) is 7.80.